The molecule has 0 nitrogen and oxygen atoms in total. The maximum atomic E-state index is 2.37. The summed E-state index contributed by atoms with van der Waals surface area (Å²) in [4.78, 5) is 0. The van der Waals surface area contributed by atoms with Crippen molar-refractivity contribution in [2.24, 2.45) is 0 Å². The molecule has 111 heavy (non-hydrogen) atoms. The van der Waals surface area contributed by atoms with Crippen LogP contribution in [0.1, 0.15) is 55.6 Å². The Morgan fingerprint density at radius 1 is 0.153 bits per heavy atom. The third-order valence-electron chi connectivity index (χ3n) is 21.4. The predicted octanol–water partition coefficient (Wildman–Crippen LogP) is 30.4. The fraction of sp³-hybridized carbons (Fsp3) is 0.0631. The lowest BCUT2D eigenvalue weighted by Crippen LogP contribution is -2.28. The Morgan fingerprint density at radius 3 is 1.03 bits per heavy atom. The lowest BCUT2D eigenvalue weighted by molar-refractivity contribution is 0.767. The van der Waals surface area contributed by atoms with E-state index in [-0.39, 0.29) is 5.41 Å². The highest BCUT2D eigenvalue weighted by atomic mass is 14.5. The van der Waals surface area contributed by atoms with Crippen LogP contribution in [0.3, 0.4) is 0 Å². The second kappa shape index (κ2) is 34.2. The molecule has 0 aliphatic heterocycles. The van der Waals surface area contributed by atoms with Crippen molar-refractivity contribution in [1.29, 1.82) is 0 Å². The van der Waals surface area contributed by atoms with Crippen LogP contribution in [-0.2, 0) is 5.41 Å². The summed E-state index contributed by atoms with van der Waals surface area (Å²) in [5.74, 6) is 0. The van der Waals surface area contributed by atoms with Crippen molar-refractivity contribution in [3.05, 3.63) is 492 Å². The molecular formula is C111H90. The Bertz CT molecular complexity index is 6330. The van der Waals surface area contributed by atoms with E-state index in [9.17, 15) is 0 Å². The van der Waals surface area contributed by atoms with Crippen LogP contribution in [0.15, 0.2) is 437 Å². The monoisotopic (exact) mass is 1420 g/mol. The van der Waals surface area contributed by atoms with Gasteiger partial charge in [0, 0.05) is 0 Å². The Morgan fingerprint density at radius 2 is 0.486 bits per heavy atom. The molecule has 0 saturated heterocycles. The van der Waals surface area contributed by atoms with Crippen LogP contribution in [0.25, 0.3) is 121 Å². The van der Waals surface area contributed by atoms with Crippen molar-refractivity contribution in [3.8, 4) is 66.8 Å². The van der Waals surface area contributed by atoms with Gasteiger partial charge in [-0.25, -0.2) is 0 Å². The molecule has 0 aromatic heterocycles. The van der Waals surface area contributed by atoms with E-state index < -0.39 is 0 Å². The first kappa shape index (κ1) is 73.0. The highest BCUT2D eigenvalue weighted by Crippen LogP contribution is 2.56. The summed E-state index contributed by atoms with van der Waals surface area (Å²) in [5, 5.41) is 13.0. The lowest BCUT2D eigenvalue weighted by atomic mass is 9.67. The molecule has 0 amide bonds. The normalized spacial score (nSPS) is 11.4. The summed E-state index contributed by atoms with van der Waals surface area (Å²) >= 11 is 0. The smallest absolute Gasteiger partial charge is 0.0622 e. The highest BCUT2D eigenvalue weighted by Gasteiger charge is 2.46. The van der Waals surface area contributed by atoms with Crippen LogP contribution < -0.4 is 0 Å². The van der Waals surface area contributed by atoms with Gasteiger partial charge in [0.15, 0.2) is 0 Å². The number of aryl methyl sites for hydroxylation is 6. The Balaban J connectivity index is 0.000000107. The predicted molar refractivity (Wildman–Crippen MR) is 479 cm³/mol. The number of hydrogen-bond donors (Lipinski definition) is 0. The van der Waals surface area contributed by atoms with Gasteiger partial charge in [0.05, 0.1) is 5.41 Å². The molecule has 0 N–H and O–H groups in total. The fourth-order valence-corrected chi connectivity index (χ4v) is 15.7. The summed E-state index contributed by atoms with van der Waals surface area (Å²) in [6.07, 6.45) is 0. The van der Waals surface area contributed by atoms with Crippen LogP contribution in [0, 0.1) is 41.5 Å². The molecule has 0 heteroatoms. The van der Waals surface area contributed by atoms with Crippen molar-refractivity contribution in [2.45, 2.75) is 47.0 Å². The van der Waals surface area contributed by atoms with E-state index in [0.29, 0.717) is 0 Å². The van der Waals surface area contributed by atoms with Crippen molar-refractivity contribution in [2.75, 3.05) is 0 Å². The molecule has 0 radical (unpaired) electrons. The Hall–Kier alpha value is -13.5. The first-order chi connectivity index (χ1) is 54.5. The number of fused-ring (bicyclic) bond motifs is 8. The second-order valence-corrected chi connectivity index (χ2v) is 29.1. The number of benzene rings is 19. The van der Waals surface area contributed by atoms with Gasteiger partial charge in [-0.15, -0.1) is 0 Å². The Kier molecular flexibility index (Phi) is 22.5. The molecule has 534 valence electrons. The van der Waals surface area contributed by atoms with E-state index >= 15 is 0 Å². The molecule has 1 aliphatic carbocycles. The van der Waals surface area contributed by atoms with E-state index in [1.165, 1.54) is 176 Å². The van der Waals surface area contributed by atoms with Crippen molar-refractivity contribution in [3.63, 3.8) is 0 Å². The SMILES string of the molecule is Cc1ccc(-c2ccc3ccccc3c2)cc1.Cc1ccc2c(c1)C(c1ccccc1)(c1ccccc1)c1ccccc1-2.Cc1cccc(-c2ccc3ccccc3c2)c1.Cc1cccc(-c2cccc3ccccc23)c1.Cc1ccccc1-c1ccc2ccccc2c1.Cc1ccccc1-c1cccc2ccccc12. The van der Waals surface area contributed by atoms with E-state index in [1.54, 1.807) is 0 Å². The summed E-state index contributed by atoms with van der Waals surface area (Å²) in [6.45, 7) is 12.9. The molecule has 19 aromatic rings. The Labute approximate surface area is 655 Å². The lowest BCUT2D eigenvalue weighted by Gasteiger charge is -2.34. The summed E-state index contributed by atoms with van der Waals surface area (Å²) < 4.78 is 0. The average molecular weight is 1420 g/mol. The minimum atomic E-state index is -0.263. The molecule has 20 rings (SSSR count). The molecule has 0 atom stereocenters. The van der Waals surface area contributed by atoms with Crippen LogP contribution >= 0.6 is 0 Å². The van der Waals surface area contributed by atoms with Gasteiger partial charge < -0.3 is 0 Å². The van der Waals surface area contributed by atoms with Gasteiger partial charge in [0.25, 0.3) is 0 Å². The number of rotatable bonds is 7. The quantitative estimate of drug-likeness (QED) is 0.149. The summed E-state index contributed by atoms with van der Waals surface area (Å²) in [6, 6.07) is 156. The zero-order valence-corrected chi connectivity index (χ0v) is 64.1. The van der Waals surface area contributed by atoms with Gasteiger partial charge in [-0.05, 0) is 214 Å². The molecule has 0 bridgehead atoms. The zero-order valence-electron chi connectivity index (χ0n) is 64.1. The zero-order chi connectivity index (χ0) is 75.9. The van der Waals surface area contributed by atoms with E-state index in [2.05, 4.69) is 478 Å². The molecular weight excluding hydrogens is 1330 g/mol. The highest BCUT2D eigenvalue weighted by molar-refractivity contribution is 5.99. The van der Waals surface area contributed by atoms with E-state index in [4.69, 9.17) is 0 Å². The summed E-state index contributed by atoms with van der Waals surface area (Å²) in [5.41, 5.74) is 28.7. The molecule has 0 unspecified atom stereocenters. The first-order valence-corrected chi connectivity index (χ1v) is 38.6. The topological polar surface area (TPSA) is 0 Å². The third-order valence-corrected chi connectivity index (χ3v) is 21.4. The summed E-state index contributed by atoms with van der Waals surface area (Å²) in [7, 11) is 0. The van der Waals surface area contributed by atoms with E-state index in [0.717, 1.165) is 0 Å². The van der Waals surface area contributed by atoms with Gasteiger partial charge in [0.2, 0.25) is 0 Å². The molecule has 0 spiro atoms. The minimum Gasteiger partial charge on any atom is -0.0622 e. The van der Waals surface area contributed by atoms with Crippen LogP contribution in [0.4, 0.5) is 0 Å². The maximum Gasteiger partial charge on any atom is 0.0713 e. The third kappa shape index (κ3) is 16.5. The minimum absolute atomic E-state index is 0.263. The van der Waals surface area contributed by atoms with Crippen molar-refractivity contribution in [1.82, 2.24) is 0 Å². The first-order valence-electron chi connectivity index (χ1n) is 38.6. The average Bonchev–Trinajstić information content (AvgIpc) is 1.54. The van der Waals surface area contributed by atoms with Gasteiger partial charge in [-0.2, -0.15) is 0 Å². The molecule has 1 aliphatic rings. The van der Waals surface area contributed by atoms with Gasteiger partial charge in [0.1, 0.15) is 0 Å². The largest absolute Gasteiger partial charge is 0.0713 e. The van der Waals surface area contributed by atoms with Crippen LogP contribution in [0.5, 0.6) is 0 Å². The van der Waals surface area contributed by atoms with Crippen molar-refractivity contribution < 1.29 is 0 Å². The van der Waals surface area contributed by atoms with Gasteiger partial charge in [-0.1, -0.05) is 441 Å². The van der Waals surface area contributed by atoms with Gasteiger partial charge in [-0.3, -0.25) is 0 Å². The second-order valence-electron chi connectivity index (χ2n) is 29.1. The molecule has 0 heterocycles. The molecule has 0 fully saturated rings. The van der Waals surface area contributed by atoms with Crippen LogP contribution in [-0.4, -0.2) is 0 Å². The van der Waals surface area contributed by atoms with Gasteiger partial charge >= 0.3 is 0 Å². The van der Waals surface area contributed by atoms with Crippen molar-refractivity contribution >= 4 is 53.9 Å². The number of hydrogen-bond acceptors (Lipinski definition) is 0. The molecule has 19 aromatic carbocycles. The van der Waals surface area contributed by atoms with Crippen LogP contribution in [0.2, 0.25) is 0 Å². The maximum absolute atomic E-state index is 2.37. The molecule has 0 saturated carbocycles. The standard InChI is InChI=1S/C26H20.5C17H14/c1-19-16-17-23-22-14-8-9-15-24(22)26(25(23)18-19,20-10-4-2-5-11-20)21-12-6-3-7-13-21;1-13-6-2-5-9-17(13)16-11-10-14-7-3-4-8-15(14)12-16;1-13-7-2-4-10-15(13)17-12-6-9-14-8-3-5-11-16(14)17;1-13-6-4-9-15(12-13)17-11-5-8-14-7-2-3-10-16(14)17;1-13-5-4-8-15(11-13)17-10-9-14-6-2-3-7-16(14)12-17;1-13-6-8-15(9-7-13)17-11-10-14-4-2-3-5-16(14)12-17/h2-18H,1H3;5*2-12H,1H3. The van der Waals surface area contributed by atoms with E-state index in [1.807, 2.05) is 0 Å². The fourth-order valence-electron chi connectivity index (χ4n) is 15.7.